The van der Waals surface area contributed by atoms with Crippen LogP contribution in [0.25, 0.3) is 0 Å². The summed E-state index contributed by atoms with van der Waals surface area (Å²) in [5.74, 6) is -0.938. The second kappa shape index (κ2) is 4.58. The van der Waals surface area contributed by atoms with Crippen molar-refractivity contribution in [3.8, 4) is 0 Å². The molecule has 2 rings (SSSR count). The summed E-state index contributed by atoms with van der Waals surface area (Å²) in [5, 5.41) is 0. The molecule has 0 aliphatic heterocycles. The topological polar surface area (TPSA) is 29.4 Å². The highest BCUT2D eigenvalue weighted by Crippen LogP contribution is 2.45. The number of benzene rings is 1. The Balaban J connectivity index is 2.51. The van der Waals surface area contributed by atoms with Gasteiger partial charge in [0, 0.05) is 0 Å². The van der Waals surface area contributed by atoms with Crippen molar-refractivity contribution in [3.63, 3.8) is 0 Å². The lowest BCUT2D eigenvalue weighted by Crippen LogP contribution is -2.32. The molecule has 1 fully saturated rings. The van der Waals surface area contributed by atoms with E-state index in [1.54, 1.807) is 0 Å². The zero-order valence-electron chi connectivity index (χ0n) is 9.84. The highest BCUT2D eigenvalue weighted by molar-refractivity contribution is 5.42. The van der Waals surface area contributed by atoms with Crippen LogP contribution < -0.4 is 0 Å². The molecule has 5 heteroatoms. The maximum Gasteiger partial charge on any atom is 0.266 e. The number of hydrogen-bond acceptors (Lipinski definition) is 2. The van der Waals surface area contributed by atoms with E-state index in [1.165, 1.54) is 19.1 Å². The second-order valence-corrected chi connectivity index (χ2v) is 4.58. The Kier molecular flexibility index (Phi) is 3.26. The van der Waals surface area contributed by atoms with Gasteiger partial charge in [-0.3, -0.25) is 0 Å². The fourth-order valence-corrected chi connectivity index (χ4v) is 2.36. The van der Waals surface area contributed by atoms with Crippen molar-refractivity contribution in [1.82, 2.24) is 0 Å². The van der Waals surface area contributed by atoms with Crippen LogP contribution in [0.5, 0.6) is 0 Å². The zero-order valence-corrected chi connectivity index (χ0v) is 9.84. The van der Waals surface area contributed by atoms with Crippen LogP contribution in [-0.2, 0) is 10.3 Å². The molecule has 0 aromatic heterocycles. The molecule has 1 aromatic rings. The minimum Gasteiger partial charge on any atom is -0.211 e. The van der Waals surface area contributed by atoms with E-state index in [9.17, 15) is 18.0 Å². The molecule has 0 saturated heterocycles. The van der Waals surface area contributed by atoms with Gasteiger partial charge in [-0.15, -0.1) is 0 Å². The second-order valence-electron chi connectivity index (χ2n) is 4.58. The summed E-state index contributed by atoms with van der Waals surface area (Å²) in [6, 6.07) is 2.55. The molecule has 0 amide bonds. The Morgan fingerprint density at radius 3 is 2.44 bits per heavy atom. The smallest absolute Gasteiger partial charge is 0.211 e. The van der Waals surface area contributed by atoms with Crippen molar-refractivity contribution in [2.45, 2.75) is 38.2 Å². The molecular formula is C13H12F3NO. The van der Waals surface area contributed by atoms with Crippen molar-refractivity contribution in [3.05, 3.63) is 34.6 Å². The molecule has 1 aliphatic carbocycles. The molecule has 18 heavy (non-hydrogen) atoms. The van der Waals surface area contributed by atoms with Crippen molar-refractivity contribution in [2.75, 3.05) is 0 Å². The van der Waals surface area contributed by atoms with Crippen LogP contribution in [0.15, 0.2) is 17.1 Å². The van der Waals surface area contributed by atoms with Crippen LogP contribution in [0.3, 0.4) is 0 Å². The van der Waals surface area contributed by atoms with Gasteiger partial charge < -0.3 is 0 Å². The Hall–Kier alpha value is -1.61. The quantitative estimate of drug-likeness (QED) is 0.597. The average Bonchev–Trinajstić information content (AvgIpc) is 2.21. The molecule has 0 spiro atoms. The minimum absolute atomic E-state index is 0.187. The van der Waals surface area contributed by atoms with Gasteiger partial charge in [0.25, 0.3) is 6.43 Å². The number of rotatable bonds is 3. The molecule has 0 N–H and O–H groups in total. The number of aliphatic imine (C=N–C) groups is 1. The van der Waals surface area contributed by atoms with Crippen LogP contribution in [0, 0.1) is 12.7 Å². The van der Waals surface area contributed by atoms with Crippen molar-refractivity contribution in [1.29, 1.82) is 0 Å². The van der Waals surface area contributed by atoms with E-state index in [2.05, 4.69) is 4.99 Å². The number of carbonyl (C=O) groups excluding carboxylic acids is 1. The van der Waals surface area contributed by atoms with Crippen LogP contribution in [-0.4, -0.2) is 6.08 Å². The maximum absolute atomic E-state index is 13.7. The number of halogens is 3. The lowest BCUT2D eigenvalue weighted by molar-refractivity contribution is 0.145. The number of isocyanates is 1. The minimum atomic E-state index is -2.84. The van der Waals surface area contributed by atoms with Crippen LogP contribution in [0.4, 0.5) is 13.2 Å². The van der Waals surface area contributed by atoms with E-state index in [1.807, 2.05) is 0 Å². The van der Waals surface area contributed by atoms with E-state index in [0.717, 1.165) is 12.5 Å². The lowest BCUT2D eigenvalue weighted by atomic mass is 9.72. The summed E-state index contributed by atoms with van der Waals surface area (Å²) in [4.78, 5) is 14.2. The van der Waals surface area contributed by atoms with Gasteiger partial charge in [0.15, 0.2) is 0 Å². The predicted molar refractivity (Wildman–Crippen MR) is 59.7 cm³/mol. The Morgan fingerprint density at radius 2 is 2.06 bits per heavy atom. The van der Waals surface area contributed by atoms with Gasteiger partial charge in [-0.25, -0.2) is 18.0 Å². The van der Waals surface area contributed by atoms with E-state index >= 15 is 0 Å². The zero-order chi connectivity index (χ0) is 13.3. The highest BCUT2D eigenvalue weighted by atomic mass is 19.3. The van der Waals surface area contributed by atoms with Crippen LogP contribution in [0.1, 0.15) is 42.4 Å². The fourth-order valence-electron chi connectivity index (χ4n) is 2.36. The molecule has 96 valence electrons. The number of hydrogen-bond donors (Lipinski definition) is 0. The third kappa shape index (κ3) is 1.95. The van der Waals surface area contributed by atoms with E-state index in [4.69, 9.17) is 0 Å². The fraction of sp³-hybridized carbons (Fsp3) is 0.462. The molecule has 0 unspecified atom stereocenters. The van der Waals surface area contributed by atoms with Gasteiger partial charge in [0.1, 0.15) is 5.82 Å². The molecule has 0 bridgehead atoms. The van der Waals surface area contributed by atoms with Crippen molar-refractivity contribution < 1.29 is 18.0 Å². The van der Waals surface area contributed by atoms with Gasteiger partial charge in [0.05, 0.1) is 11.1 Å². The SMILES string of the molecule is Cc1cc(C2(N=C=O)CCC2)cc(F)c1C(F)F. The Labute approximate surface area is 103 Å². The Morgan fingerprint density at radius 1 is 1.39 bits per heavy atom. The molecule has 2 nitrogen and oxygen atoms in total. The van der Waals surface area contributed by atoms with E-state index in [-0.39, 0.29) is 5.56 Å². The van der Waals surface area contributed by atoms with Crippen LogP contribution >= 0.6 is 0 Å². The first-order valence-electron chi connectivity index (χ1n) is 5.68. The standard InChI is InChI=1S/C13H12F3NO/c1-8-5-9(6-10(14)11(8)12(15)16)13(17-7-18)3-2-4-13/h5-6,12H,2-4H2,1H3. The third-order valence-corrected chi connectivity index (χ3v) is 3.53. The summed E-state index contributed by atoms with van der Waals surface area (Å²) in [6.07, 6.45) is 0.766. The molecule has 0 heterocycles. The number of alkyl halides is 2. The first-order valence-corrected chi connectivity index (χ1v) is 5.68. The summed E-state index contributed by atoms with van der Waals surface area (Å²) < 4.78 is 38.9. The van der Waals surface area contributed by atoms with E-state index < -0.39 is 23.3 Å². The molecule has 1 aromatic carbocycles. The first-order chi connectivity index (χ1) is 8.50. The third-order valence-electron chi connectivity index (χ3n) is 3.53. The van der Waals surface area contributed by atoms with Gasteiger partial charge in [-0.1, -0.05) is 6.07 Å². The largest absolute Gasteiger partial charge is 0.266 e. The lowest BCUT2D eigenvalue weighted by Gasteiger charge is -2.37. The van der Waals surface area contributed by atoms with Gasteiger partial charge in [-0.05, 0) is 43.4 Å². The summed E-state index contributed by atoms with van der Waals surface area (Å²) in [6.45, 7) is 1.44. The van der Waals surface area contributed by atoms with Crippen LogP contribution in [0.2, 0.25) is 0 Å². The van der Waals surface area contributed by atoms with Crippen molar-refractivity contribution in [2.24, 2.45) is 4.99 Å². The maximum atomic E-state index is 13.7. The Bertz CT molecular complexity index is 494. The normalized spacial score (nSPS) is 17.2. The summed E-state index contributed by atoms with van der Waals surface area (Å²) in [5.41, 5.74) is -0.666. The molecular weight excluding hydrogens is 243 g/mol. The predicted octanol–water partition coefficient (Wildman–Crippen LogP) is 3.79. The van der Waals surface area contributed by atoms with Gasteiger partial charge in [0.2, 0.25) is 6.08 Å². The summed E-state index contributed by atoms with van der Waals surface area (Å²) >= 11 is 0. The molecule has 0 atom stereocenters. The summed E-state index contributed by atoms with van der Waals surface area (Å²) in [7, 11) is 0. The van der Waals surface area contributed by atoms with Gasteiger partial charge >= 0.3 is 0 Å². The number of nitrogens with zero attached hydrogens (tertiary/aromatic N) is 1. The van der Waals surface area contributed by atoms with Crippen molar-refractivity contribution >= 4 is 6.08 Å². The monoisotopic (exact) mass is 255 g/mol. The molecule has 1 saturated carbocycles. The first kappa shape index (κ1) is 12.8. The van der Waals surface area contributed by atoms with Gasteiger partial charge in [-0.2, -0.15) is 4.99 Å². The molecule has 1 aliphatic rings. The average molecular weight is 255 g/mol. The van der Waals surface area contributed by atoms with E-state index in [0.29, 0.717) is 18.4 Å². The number of aryl methyl sites for hydroxylation is 1. The highest BCUT2D eigenvalue weighted by Gasteiger charge is 2.39. The molecule has 0 radical (unpaired) electrons.